The maximum absolute atomic E-state index is 12.0. The summed E-state index contributed by atoms with van der Waals surface area (Å²) in [6, 6.07) is 3.66. The summed E-state index contributed by atoms with van der Waals surface area (Å²) in [7, 11) is 1.73. The maximum atomic E-state index is 12.0. The van der Waals surface area contributed by atoms with E-state index in [9.17, 15) is 4.79 Å². The molecule has 0 aliphatic carbocycles. The van der Waals surface area contributed by atoms with Gasteiger partial charge in [0.05, 0.1) is 18.2 Å². The van der Waals surface area contributed by atoms with Crippen LogP contribution < -0.4 is 10.5 Å². The third-order valence-corrected chi connectivity index (χ3v) is 3.94. The molecule has 5 nitrogen and oxygen atoms in total. The van der Waals surface area contributed by atoms with Crippen LogP contribution in [0.1, 0.15) is 5.56 Å². The van der Waals surface area contributed by atoms with Gasteiger partial charge in [0.25, 0.3) is 5.56 Å². The number of anilines is 1. The number of morpholine rings is 1. The van der Waals surface area contributed by atoms with Crippen molar-refractivity contribution >= 4 is 28.5 Å². The highest BCUT2D eigenvalue weighted by atomic mass is 35.5. The Morgan fingerprint density at radius 1 is 1.30 bits per heavy atom. The molecule has 0 aromatic carbocycles. The van der Waals surface area contributed by atoms with E-state index in [-0.39, 0.29) is 5.56 Å². The minimum atomic E-state index is -0.0415. The predicted molar refractivity (Wildman–Crippen MR) is 79.8 cm³/mol. The fraction of sp³-hybridized carbons (Fsp3) is 0.429. The van der Waals surface area contributed by atoms with Gasteiger partial charge in [0, 0.05) is 37.2 Å². The minimum absolute atomic E-state index is 0.0415. The van der Waals surface area contributed by atoms with Crippen LogP contribution >= 0.6 is 11.6 Å². The Labute approximate surface area is 121 Å². The number of rotatable bonds is 1. The van der Waals surface area contributed by atoms with Crippen LogP contribution in [0.25, 0.3) is 11.0 Å². The van der Waals surface area contributed by atoms with Gasteiger partial charge in [-0.1, -0.05) is 11.6 Å². The highest BCUT2D eigenvalue weighted by Crippen LogP contribution is 2.26. The van der Waals surface area contributed by atoms with Gasteiger partial charge in [0.2, 0.25) is 0 Å². The maximum Gasteiger partial charge on any atom is 0.254 e. The van der Waals surface area contributed by atoms with Gasteiger partial charge in [-0.15, -0.1) is 0 Å². The molecule has 0 bridgehead atoms. The van der Waals surface area contributed by atoms with Crippen molar-refractivity contribution in [1.82, 2.24) is 9.55 Å². The molecular formula is C14H16ClN3O2. The summed E-state index contributed by atoms with van der Waals surface area (Å²) in [5, 5.41) is 1.43. The molecule has 1 aliphatic heterocycles. The number of nitrogens with zero attached hydrogens (tertiary/aromatic N) is 3. The Bertz CT molecular complexity index is 720. The summed E-state index contributed by atoms with van der Waals surface area (Å²) in [6.07, 6.45) is 0. The standard InChI is InChI=1S/C14H16ClN3O2/c1-9-7-10-11(15)8-12(18-3-5-20-6-4-18)16-13(10)17(2)14(9)19/h7-8H,3-6H2,1-2H3. The van der Waals surface area contributed by atoms with E-state index in [1.54, 1.807) is 24.6 Å². The summed E-state index contributed by atoms with van der Waals surface area (Å²) >= 11 is 6.36. The molecule has 20 heavy (non-hydrogen) atoms. The first-order valence-electron chi connectivity index (χ1n) is 6.57. The number of hydrogen-bond donors (Lipinski definition) is 0. The SMILES string of the molecule is Cc1cc2c(Cl)cc(N3CCOCC3)nc2n(C)c1=O. The molecule has 0 spiro atoms. The number of halogens is 1. The molecule has 2 aromatic rings. The Balaban J connectivity index is 2.20. The van der Waals surface area contributed by atoms with Crippen molar-refractivity contribution in [2.75, 3.05) is 31.2 Å². The zero-order valence-corrected chi connectivity index (χ0v) is 12.3. The van der Waals surface area contributed by atoms with Crippen molar-refractivity contribution in [3.8, 4) is 0 Å². The van der Waals surface area contributed by atoms with Gasteiger partial charge in [-0.25, -0.2) is 4.98 Å². The smallest absolute Gasteiger partial charge is 0.254 e. The van der Waals surface area contributed by atoms with E-state index < -0.39 is 0 Å². The molecule has 0 unspecified atom stereocenters. The number of fused-ring (bicyclic) bond motifs is 1. The normalized spacial score (nSPS) is 15.8. The lowest BCUT2D eigenvalue weighted by atomic mass is 10.2. The highest BCUT2D eigenvalue weighted by Gasteiger charge is 2.16. The Kier molecular flexibility index (Phi) is 3.40. The average Bonchev–Trinajstić information content (AvgIpc) is 2.47. The van der Waals surface area contributed by atoms with Gasteiger partial charge < -0.3 is 9.64 Å². The molecule has 3 rings (SSSR count). The fourth-order valence-electron chi connectivity index (χ4n) is 2.48. The number of hydrogen-bond acceptors (Lipinski definition) is 4. The molecule has 6 heteroatoms. The summed E-state index contributed by atoms with van der Waals surface area (Å²) in [4.78, 5) is 18.8. The van der Waals surface area contributed by atoms with Crippen LogP contribution in [0, 0.1) is 6.92 Å². The van der Waals surface area contributed by atoms with Crippen molar-refractivity contribution in [2.24, 2.45) is 7.05 Å². The molecule has 0 radical (unpaired) electrons. The summed E-state index contributed by atoms with van der Waals surface area (Å²) < 4.78 is 6.90. The molecule has 0 saturated carbocycles. The van der Waals surface area contributed by atoms with Crippen LogP contribution in [0.4, 0.5) is 5.82 Å². The summed E-state index contributed by atoms with van der Waals surface area (Å²) in [5.74, 6) is 0.796. The highest BCUT2D eigenvalue weighted by molar-refractivity contribution is 6.35. The van der Waals surface area contributed by atoms with Gasteiger partial charge in [-0.3, -0.25) is 9.36 Å². The van der Waals surface area contributed by atoms with Crippen LogP contribution in [0.15, 0.2) is 16.9 Å². The molecular weight excluding hydrogens is 278 g/mol. The molecule has 106 valence electrons. The third-order valence-electron chi connectivity index (χ3n) is 3.63. The second-order valence-corrected chi connectivity index (χ2v) is 5.40. The average molecular weight is 294 g/mol. The Morgan fingerprint density at radius 2 is 2.00 bits per heavy atom. The molecule has 0 atom stereocenters. The molecule has 0 N–H and O–H groups in total. The molecule has 3 heterocycles. The third kappa shape index (κ3) is 2.17. The van der Waals surface area contributed by atoms with E-state index in [1.807, 2.05) is 6.07 Å². The van der Waals surface area contributed by atoms with Crippen LogP contribution in [0.5, 0.6) is 0 Å². The second kappa shape index (κ2) is 5.07. The first-order chi connectivity index (χ1) is 9.58. The summed E-state index contributed by atoms with van der Waals surface area (Å²) in [5.41, 5.74) is 1.25. The largest absolute Gasteiger partial charge is 0.378 e. The zero-order valence-electron chi connectivity index (χ0n) is 11.5. The lowest BCUT2D eigenvalue weighted by Crippen LogP contribution is -2.37. The van der Waals surface area contributed by atoms with Crippen molar-refractivity contribution in [2.45, 2.75) is 6.92 Å². The van der Waals surface area contributed by atoms with Crippen molar-refractivity contribution < 1.29 is 4.74 Å². The van der Waals surface area contributed by atoms with E-state index in [0.717, 1.165) is 24.3 Å². The summed E-state index contributed by atoms with van der Waals surface area (Å²) in [6.45, 7) is 4.73. The number of aryl methyl sites for hydroxylation is 2. The van der Waals surface area contributed by atoms with Gasteiger partial charge in [-0.2, -0.15) is 0 Å². The van der Waals surface area contributed by atoms with Crippen LogP contribution in [0.3, 0.4) is 0 Å². The van der Waals surface area contributed by atoms with E-state index in [0.29, 0.717) is 29.4 Å². The second-order valence-electron chi connectivity index (χ2n) is 4.99. The van der Waals surface area contributed by atoms with E-state index >= 15 is 0 Å². The quantitative estimate of drug-likeness (QED) is 0.803. The lowest BCUT2D eigenvalue weighted by molar-refractivity contribution is 0.122. The molecule has 0 amide bonds. The fourth-order valence-corrected chi connectivity index (χ4v) is 2.72. The topological polar surface area (TPSA) is 47.4 Å². The number of aromatic nitrogens is 2. The Morgan fingerprint density at radius 3 is 2.70 bits per heavy atom. The van der Waals surface area contributed by atoms with Crippen molar-refractivity contribution in [3.05, 3.63) is 33.1 Å². The van der Waals surface area contributed by atoms with E-state index in [4.69, 9.17) is 16.3 Å². The van der Waals surface area contributed by atoms with Gasteiger partial charge >= 0.3 is 0 Å². The Hall–Kier alpha value is -1.59. The van der Waals surface area contributed by atoms with Crippen LogP contribution in [-0.2, 0) is 11.8 Å². The van der Waals surface area contributed by atoms with Crippen LogP contribution in [-0.4, -0.2) is 35.9 Å². The first-order valence-corrected chi connectivity index (χ1v) is 6.95. The van der Waals surface area contributed by atoms with E-state index in [2.05, 4.69) is 9.88 Å². The molecule has 1 saturated heterocycles. The zero-order chi connectivity index (χ0) is 14.3. The predicted octanol–water partition coefficient (Wildman–Crippen LogP) is 1.73. The number of pyridine rings is 2. The minimum Gasteiger partial charge on any atom is -0.378 e. The van der Waals surface area contributed by atoms with Gasteiger partial charge in [0.15, 0.2) is 0 Å². The van der Waals surface area contributed by atoms with Gasteiger partial charge in [0.1, 0.15) is 11.5 Å². The lowest BCUT2D eigenvalue weighted by Gasteiger charge is -2.28. The molecule has 1 aliphatic rings. The molecule has 1 fully saturated rings. The van der Waals surface area contributed by atoms with Crippen molar-refractivity contribution in [3.63, 3.8) is 0 Å². The first kappa shape index (κ1) is 13.4. The number of ether oxygens (including phenoxy) is 1. The van der Waals surface area contributed by atoms with Crippen molar-refractivity contribution in [1.29, 1.82) is 0 Å². The monoisotopic (exact) mass is 293 g/mol. The van der Waals surface area contributed by atoms with E-state index in [1.165, 1.54) is 0 Å². The molecule has 2 aromatic heterocycles. The van der Waals surface area contributed by atoms with Gasteiger partial charge in [-0.05, 0) is 13.0 Å². The van der Waals surface area contributed by atoms with Crippen LogP contribution in [0.2, 0.25) is 5.02 Å².